The summed E-state index contributed by atoms with van der Waals surface area (Å²) in [6, 6.07) is 7.59. The van der Waals surface area contributed by atoms with E-state index < -0.39 is 5.97 Å². The molecule has 0 spiro atoms. The van der Waals surface area contributed by atoms with Crippen molar-refractivity contribution < 1.29 is 14.6 Å². The van der Waals surface area contributed by atoms with Crippen molar-refractivity contribution in [1.29, 1.82) is 0 Å². The van der Waals surface area contributed by atoms with Gasteiger partial charge in [-0.2, -0.15) is 5.10 Å². The molecule has 2 aromatic rings. The molecule has 3 rings (SSSR count). The Hall–Kier alpha value is -1.31. The lowest BCUT2D eigenvalue weighted by molar-refractivity contribution is 0.0455. The van der Waals surface area contributed by atoms with Gasteiger partial charge in [0.05, 0.1) is 24.2 Å². The zero-order valence-electron chi connectivity index (χ0n) is 11.2. The second-order valence-electron chi connectivity index (χ2n) is 4.77. The Morgan fingerprint density at radius 2 is 2.24 bits per heavy atom. The minimum Gasteiger partial charge on any atom is -0.476 e. The molecule has 1 aromatic heterocycles. The molecule has 7 heteroatoms. The van der Waals surface area contributed by atoms with Crippen LogP contribution in [0.4, 0.5) is 0 Å². The van der Waals surface area contributed by atoms with Gasteiger partial charge in [0, 0.05) is 22.0 Å². The number of nitrogens with zero attached hydrogens (tertiary/aromatic N) is 2. The smallest absolute Gasteiger partial charge is 0.356 e. The Morgan fingerprint density at radius 3 is 2.76 bits per heavy atom. The molecule has 1 saturated heterocycles. The second kappa shape index (κ2) is 5.82. The Balaban J connectivity index is 1.88. The summed E-state index contributed by atoms with van der Waals surface area (Å²) in [6.45, 7) is 1.59. The molecule has 0 aliphatic carbocycles. The van der Waals surface area contributed by atoms with Crippen LogP contribution in [0.25, 0.3) is 11.3 Å². The van der Waals surface area contributed by atoms with Gasteiger partial charge in [0.2, 0.25) is 0 Å². The highest BCUT2D eigenvalue weighted by molar-refractivity contribution is 9.10. The summed E-state index contributed by atoms with van der Waals surface area (Å²) in [4.78, 5) is 12.1. The van der Waals surface area contributed by atoms with Crippen LogP contribution in [0.1, 0.15) is 10.5 Å². The van der Waals surface area contributed by atoms with Crippen LogP contribution in [0, 0.1) is 0 Å². The molecule has 0 unspecified atom stereocenters. The second-order valence-corrected chi connectivity index (χ2v) is 6.96. The monoisotopic (exact) mass is 368 g/mol. The van der Waals surface area contributed by atoms with Crippen LogP contribution in [-0.2, 0) is 11.8 Å². The van der Waals surface area contributed by atoms with Crippen LogP contribution in [0.3, 0.4) is 0 Å². The number of ether oxygens (including phenoxy) is 1. The maximum Gasteiger partial charge on any atom is 0.356 e. The molecule has 110 valence electrons. The zero-order valence-corrected chi connectivity index (χ0v) is 13.6. The minimum atomic E-state index is -1.02. The number of aromatic carboxylic acids is 1. The van der Waals surface area contributed by atoms with Gasteiger partial charge in [0.1, 0.15) is 0 Å². The van der Waals surface area contributed by atoms with Gasteiger partial charge in [-0.1, -0.05) is 6.07 Å². The number of halogens is 1. The van der Waals surface area contributed by atoms with E-state index in [-0.39, 0.29) is 5.69 Å². The van der Waals surface area contributed by atoms with Crippen molar-refractivity contribution >= 4 is 33.7 Å². The van der Waals surface area contributed by atoms with E-state index in [1.54, 1.807) is 29.6 Å². The Bertz CT molecular complexity index is 698. The molecule has 1 aliphatic rings. The fourth-order valence-corrected chi connectivity index (χ4v) is 3.72. The van der Waals surface area contributed by atoms with E-state index in [2.05, 4.69) is 21.0 Å². The van der Waals surface area contributed by atoms with E-state index in [0.29, 0.717) is 5.25 Å². The number of benzene rings is 1. The van der Waals surface area contributed by atoms with Crippen LogP contribution in [0.15, 0.2) is 33.6 Å². The van der Waals surface area contributed by atoms with Crippen LogP contribution < -0.4 is 0 Å². The average molecular weight is 369 g/mol. The van der Waals surface area contributed by atoms with E-state index in [9.17, 15) is 4.79 Å². The van der Waals surface area contributed by atoms with E-state index in [1.165, 1.54) is 0 Å². The third-order valence-electron chi connectivity index (χ3n) is 3.23. The quantitative estimate of drug-likeness (QED) is 0.898. The van der Waals surface area contributed by atoms with Gasteiger partial charge in [0.25, 0.3) is 0 Å². The number of aromatic nitrogens is 2. The summed E-state index contributed by atoms with van der Waals surface area (Å²) in [7, 11) is 1.74. The summed E-state index contributed by atoms with van der Waals surface area (Å²) in [5.74, 6) is -1.02. The highest BCUT2D eigenvalue weighted by Crippen LogP contribution is 2.36. The lowest BCUT2D eigenvalue weighted by Gasteiger charge is -2.25. The third kappa shape index (κ3) is 3.00. The molecular weight excluding hydrogens is 356 g/mol. The van der Waals surface area contributed by atoms with Crippen LogP contribution in [0.5, 0.6) is 0 Å². The lowest BCUT2D eigenvalue weighted by atomic mass is 10.1. The summed E-state index contributed by atoms with van der Waals surface area (Å²) in [6.07, 6.45) is 0. The number of hydrogen-bond acceptors (Lipinski definition) is 4. The van der Waals surface area contributed by atoms with Crippen LogP contribution in [-0.4, -0.2) is 39.3 Å². The molecule has 1 aliphatic heterocycles. The average Bonchev–Trinajstić information content (AvgIpc) is 2.77. The maximum atomic E-state index is 11.0. The molecule has 0 bridgehead atoms. The summed E-state index contributed by atoms with van der Waals surface area (Å²) < 4.78 is 7.75. The van der Waals surface area contributed by atoms with Crippen molar-refractivity contribution in [3.8, 4) is 11.3 Å². The molecule has 1 N–H and O–H groups in total. The molecule has 21 heavy (non-hydrogen) atoms. The third-order valence-corrected chi connectivity index (χ3v) is 5.36. The standard InChI is InChI=1S/C14H13BrN2O3S/c1-17-12(5-11(16-17)14(18)19)8-2-3-13(10(15)4-8)21-9-6-20-7-9/h2-5,9H,6-7H2,1H3,(H,18,19). The van der Waals surface area contributed by atoms with Crippen molar-refractivity contribution in [2.45, 2.75) is 10.1 Å². The molecule has 5 nitrogen and oxygen atoms in total. The maximum absolute atomic E-state index is 11.0. The fraction of sp³-hybridized carbons (Fsp3) is 0.286. The first-order chi connectivity index (χ1) is 10.0. The van der Waals surface area contributed by atoms with Crippen molar-refractivity contribution in [1.82, 2.24) is 9.78 Å². The van der Waals surface area contributed by atoms with Gasteiger partial charge in [-0.25, -0.2) is 4.79 Å². The van der Waals surface area contributed by atoms with E-state index in [4.69, 9.17) is 9.84 Å². The van der Waals surface area contributed by atoms with Gasteiger partial charge in [-0.15, -0.1) is 11.8 Å². The number of thioether (sulfide) groups is 1. The number of rotatable bonds is 4. The number of carboxylic acid groups (broad SMARTS) is 1. The van der Waals surface area contributed by atoms with E-state index in [0.717, 1.165) is 33.8 Å². The molecule has 0 atom stereocenters. The van der Waals surface area contributed by atoms with Gasteiger partial charge in [-0.05, 0) is 34.1 Å². The predicted molar refractivity (Wildman–Crippen MR) is 83.8 cm³/mol. The minimum absolute atomic E-state index is 0.0497. The zero-order chi connectivity index (χ0) is 15.0. The van der Waals surface area contributed by atoms with Crippen LogP contribution >= 0.6 is 27.7 Å². The van der Waals surface area contributed by atoms with Gasteiger partial charge >= 0.3 is 5.97 Å². The van der Waals surface area contributed by atoms with Crippen molar-refractivity contribution in [3.63, 3.8) is 0 Å². The highest BCUT2D eigenvalue weighted by atomic mass is 79.9. The number of hydrogen-bond donors (Lipinski definition) is 1. The van der Waals surface area contributed by atoms with Gasteiger partial charge in [-0.3, -0.25) is 4.68 Å². The summed E-state index contributed by atoms with van der Waals surface area (Å²) in [5, 5.41) is 13.5. The Labute approximate surface area is 134 Å². The first-order valence-corrected chi connectivity index (χ1v) is 8.03. The molecular formula is C14H13BrN2O3S. The molecule has 0 amide bonds. The van der Waals surface area contributed by atoms with Crippen molar-refractivity contribution in [2.75, 3.05) is 13.2 Å². The normalized spacial score (nSPS) is 15.0. The lowest BCUT2D eigenvalue weighted by Crippen LogP contribution is -2.30. The SMILES string of the molecule is Cn1nc(C(=O)O)cc1-c1ccc(SC2COC2)c(Br)c1. The Kier molecular flexibility index (Phi) is 4.05. The Morgan fingerprint density at radius 1 is 1.48 bits per heavy atom. The van der Waals surface area contributed by atoms with Gasteiger partial charge in [0.15, 0.2) is 5.69 Å². The molecule has 0 radical (unpaired) electrons. The first kappa shape index (κ1) is 14.6. The summed E-state index contributed by atoms with van der Waals surface area (Å²) in [5.41, 5.74) is 1.75. The molecule has 0 saturated carbocycles. The van der Waals surface area contributed by atoms with E-state index >= 15 is 0 Å². The number of aryl methyl sites for hydroxylation is 1. The van der Waals surface area contributed by atoms with Gasteiger partial charge < -0.3 is 9.84 Å². The number of carboxylic acids is 1. The molecule has 1 fully saturated rings. The van der Waals surface area contributed by atoms with E-state index in [1.807, 2.05) is 18.2 Å². The van der Waals surface area contributed by atoms with Crippen molar-refractivity contribution in [3.05, 3.63) is 34.4 Å². The summed E-state index contributed by atoms with van der Waals surface area (Å²) >= 11 is 5.37. The fourth-order valence-electron chi connectivity index (χ4n) is 2.06. The first-order valence-electron chi connectivity index (χ1n) is 6.36. The number of carbonyl (C=O) groups is 1. The predicted octanol–water partition coefficient (Wildman–Crippen LogP) is 3.04. The largest absolute Gasteiger partial charge is 0.476 e. The van der Waals surface area contributed by atoms with Crippen molar-refractivity contribution in [2.24, 2.45) is 7.05 Å². The highest BCUT2D eigenvalue weighted by Gasteiger charge is 2.21. The molecule has 2 heterocycles. The molecule has 1 aromatic carbocycles. The topological polar surface area (TPSA) is 64.4 Å². The van der Waals surface area contributed by atoms with Crippen LogP contribution in [0.2, 0.25) is 0 Å².